The Morgan fingerprint density at radius 3 is 2.26 bits per heavy atom. The fraction of sp³-hybridized carbons (Fsp3) is 0.611. The van der Waals surface area contributed by atoms with E-state index in [1.54, 1.807) is 7.11 Å². The molecule has 5 rings (SSSR count). The first-order valence-electron chi connectivity index (χ1n) is 8.46. The minimum atomic E-state index is -2.80. The molecule has 4 nitrogen and oxygen atoms in total. The molecule has 0 saturated heterocycles. The molecule has 0 N–H and O–H groups in total. The molecule has 4 aliphatic rings. The predicted octanol–water partition coefficient (Wildman–Crippen LogP) is 3.72. The third-order valence-electron chi connectivity index (χ3n) is 6.08. The van der Waals surface area contributed by atoms with Gasteiger partial charge in [-0.05, 0) is 77.7 Å². The molecule has 4 saturated carbocycles. The molecule has 0 aliphatic heterocycles. The Balaban J connectivity index is 1.82. The van der Waals surface area contributed by atoms with Gasteiger partial charge >= 0.3 is 8.18 Å². The van der Waals surface area contributed by atoms with Crippen LogP contribution in [-0.2, 0) is 4.57 Å². The molecule has 23 heavy (non-hydrogen) atoms. The van der Waals surface area contributed by atoms with Crippen molar-refractivity contribution >= 4 is 13.9 Å². The van der Waals surface area contributed by atoms with Gasteiger partial charge in [-0.1, -0.05) is 12.1 Å². The lowest BCUT2D eigenvalue weighted by atomic mass is 9.48. The minimum Gasteiger partial charge on any atom is -0.572 e. The third kappa shape index (κ3) is 2.62. The number of hydrogen-bond acceptors (Lipinski definition) is 3. The second-order valence-corrected chi connectivity index (χ2v) is 8.26. The van der Waals surface area contributed by atoms with Gasteiger partial charge in [0, 0.05) is 11.0 Å². The van der Waals surface area contributed by atoms with E-state index in [0.717, 1.165) is 54.0 Å². The highest BCUT2D eigenvalue weighted by molar-refractivity contribution is 7.35. The molecule has 0 heterocycles. The van der Waals surface area contributed by atoms with Crippen LogP contribution in [0.2, 0.25) is 0 Å². The second kappa shape index (κ2) is 5.68. The number of hydrogen-bond donors (Lipinski definition) is 0. The van der Waals surface area contributed by atoms with E-state index in [9.17, 15) is 9.46 Å². The lowest BCUT2D eigenvalue weighted by Crippen LogP contribution is -2.50. The molecule has 4 aliphatic carbocycles. The van der Waals surface area contributed by atoms with Crippen molar-refractivity contribution < 1.29 is 14.2 Å². The SMILES string of the molecule is COc1ccccc1/C(=N/[P+](=O)[O-])C12CC3CC(CC(C3)C1)C2. The zero-order chi connectivity index (χ0) is 16.0. The van der Waals surface area contributed by atoms with E-state index >= 15 is 0 Å². The summed E-state index contributed by atoms with van der Waals surface area (Å²) >= 11 is 0. The second-order valence-electron chi connectivity index (χ2n) is 7.58. The highest BCUT2D eigenvalue weighted by Crippen LogP contribution is 2.61. The van der Waals surface area contributed by atoms with Gasteiger partial charge in [-0.2, -0.15) is 0 Å². The largest absolute Gasteiger partial charge is 0.572 e. The first-order valence-corrected chi connectivity index (χ1v) is 9.59. The standard InChI is InChI=1S/C18H22NO3P/c1-22-16-5-3-2-4-15(16)17(19-23(20)21)18-9-12-6-13(10-18)8-14(7-12)11-18/h2-5,12-14H,6-11H2,1H3/b19-17-. The Bertz CT molecular complexity index is 635. The Kier molecular flexibility index (Phi) is 3.78. The zero-order valence-electron chi connectivity index (χ0n) is 13.4. The van der Waals surface area contributed by atoms with Crippen molar-refractivity contribution in [2.24, 2.45) is 27.9 Å². The van der Waals surface area contributed by atoms with Crippen LogP contribution < -0.4 is 9.63 Å². The molecule has 4 fully saturated rings. The summed E-state index contributed by atoms with van der Waals surface area (Å²) in [7, 11) is -1.17. The van der Waals surface area contributed by atoms with Crippen LogP contribution >= 0.6 is 8.18 Å². The first kappa shape index (κ1) is 15.3. The number of para-hydroxylation sites is 1. The van der Waals surface area contributed by atoms with E-state index in [4.69, 9.17) is 4.74 Å². The smallest absolute Gasteiger partial charge is 0.463 e. The van der Waals surface area contributed by atoms with Crippen molar-refractivity contribution in [3.63, 3.8) is 0 Å². The maximum Gasteiger partial charge on any atom is 0.463 e. The minimum absolute atomic E-state index is 0.0706. The lowest BCUT2D eigenvalue weighted by molar-refractivity contribution is -0.164. The molecule has 0 spiro atoms. The van der Waals surface area contributed by atoms with Crippen molar-refractivity contribution in [3.05, 3.63) is 29.8 Å². The number of rotatable bonds is 4. The van der Waals surface area contributed by atoms with Crippen molar-refractivity contribution in [1.82, 2.24) is 0 Å². The van der Waals surface area contributed by atoms with E-state index in [1.165, 1.54) is 19.3 Å². The molecule has 0 amide bonds. The Morgan fingerprint density at radius 1 is 1.17 bits per heavy atom. The maximum atomic E-state index is 11.5. The fourth-order valence-electron chi connectivity index (χ4n) is 5.77. The molecule has 0 aromatic heterocycles. The van der Waals surface area contributed by atoms with Crippen LogP contribution in [0.1, 0.15) is 44.1 Å². The number of ether oxygens (including phenoxy) is 1. The monoisotopic (exact) mass is 331 g/mol. The van der Waals surface area contributed by atoms with Crippen molar-refractivity contribution in [2.45, 2.75) is 38.5 Å². The summed E-state index contributed by atoms with van der Waals surface area (Å²) in [5.41, 5.74) is 1.54. The van der Waals surface area contributed by atoms with Gasteiger partial charge in [0.1, 0.15) is 11.5 Å². The molecule has 1 aromatic rings. The van der Waals surface area contributed by atoms with Crippen LogP contribution in [0.5, 0.6) is 5.75 Å². The highest BCUT2D eigenvalue weighted by Gasteiger charge is 2.54. The van der Waals surface area contributed by atoms with Crippen LogP contribution in [0.15, 0.2) is 29.0 Å². The maximum absolute atomic E-state index is 11.5. The fourth-order valence-corrected chi connectivity index (χ4v) is 6.25. The Labute approximate surface area is 137 Å². The zero-order valence-corrected chi connectivity index (χ0v) is 14.3. The van der Waals surface area contributed by atoms with Crippen molar-refractivity contribution in [3.8, 4) is 5.75 Å². The Hall–Kier alpha value is -1.25. The van der Waals surface area contributed by atoms with Gasteiger partial charge in [-0.25, -0.2) is 0 Å². The van der Waals surface area contributed by atoms with Crippen molar-refractivity contribution in [2.75, 3.05) is 7.11 Å². The summed E-state index contributed by atoms with van der Waals surface area (Å²) in [6, 6.07) is 7.70. The normalized spacial score (nSPS) is 36.2. The Morgan fingerprint density at radius 2 is 1.74 bits per heavy atom. The molecular formula is C18H22NO3P. The average Bonchev–Trinajstić information content (AvgIpc) is 2.51. The van der Waals surface area contributed by atoms with Gasteiger partial charge in [-0.3, -0.25) is 0 Å². The summed E-state index contributed by atoms with van der Waals surface area (Å²) in [5.74, 6) is 2.95. The van der Waals surface area contributed by atoms with E-state index in [1.807, 2.05) is 24.3 Å². The van der Waals surface area contributed by atoms with Crippen LogP contribution in [0.25, 0.3) is 0 Å². The number of nitrogens with zero attached hydrogens (tertiary/aromatic N) is 1. The van der Waals surface area contributed by atoms with Gasteiger partial charge in [0.15, 0.2) is 0 Å². The highest BCUT2D eigenvalue weighted by atomic mass is 31.1. The topological polar surface area (TPSA) is 61.7 Å². The summed E-state index contributed by atoms with van der Waals surface area (Å²) in [4.78, 5) is 11.5. The summed E-state index contributed by atoms with van der Waals surface area (Å²) in [6.45, 7) is 0. The molecule has 1 aromatic carbocycles. The lowest BCUT2D eigenvalue weighted by Gasteiger charge is -2.56. The van der Waals surface area contributed by atoms with Crippen LogP contribution in [0.3, 0.4) is 0 Å². The van der Waals surface area contributed by atoms with Crippen molar-refractivity contribution in [1.29, 1.82) is 0 Å². The first-order chi connectivity index (χ1) is 11.1. The summed E-state index contributed by atoms with van der Waals surface area (Å²) < 4.78 is 21.1. The summed E-state index contributed by atoms with van der Waals surface area (Å²) in [6.07, 6.45) is 7.21. The van der Waals surface area contributed by atoms with E-state index in [0.29, 0.717) is 0 Å². The molecule has 0 radical (unpaired) electrons. The van der Waals surface area contributed by atoms with Gasteiger partial charge in [-0.15, -0.1) is 0 Å². The van der Waals surface area contributed by atoms with Gasteiger partial charge < -0.3 is 9.63 Å². The predicted molar refractivity (Wildman–Crippen MR) is 87.7 cm³/mol. The molecule has 1 atom stereocenters. The van der Waals surface area contributed by atoms with Gasteiger partial charge in [0.05, 0.1) is 7.11 Å². The van der Waals surface area contributed by atoms with Gasteiger partial charge in [0.25, 0.3) is 0 Å². The number of benzene rings is 1. The van der Waals surface area contributed by atoms with E-state index < -0.39 is 8.18 Å². The molecule has 122 valence electrons. The quantitative estimate of drug-likeness (QED) is 0.624. The van der Waals surface area contributed by atoms with Crippen LogP contribution in [0, 0.1) is 23.2 Å². The molecule has 1 unspecified atom stereocenters. The average molecular weight is 331 g/mol. The van der Waals surface area contributed by atoms with E-state index in [-0.39, 0.29) is 5.41 Å². The van der Waals surface area contributed by atoms with Crippen LogP contribution in [0.4, 0.5) is 0 Å². The van der Waals surface area contributed by atoms with Crippen LogP contribution in [-0.4, -0.2) is 12.8 Å². The molecule has 4 bridgehead atoms. The molecular weight excluding hydrogens is 309 g/mol. The third-order valence-corrected chi connectivity index (χ3v) is 6.45. The summed E-state index contributed by atoms with van der Waals surface area (Å²) in [5, 5.41) is 0. The number of methoxy groups -OCH3 is 1. The molecule has 5 heteroatoms. The van der Waals surface area contributed by atoms with E-state index in [2.05, 4.69) is 4.76 Å². The van der Waals surface area contributed by atoms with Gasteiger partial charge in [0.2, 0.25) is 0 Å².